The number of aromatic nitrogens is 2. The van der Waals surface area contributed by atoms with E-state index in [9.17, 15) is 18.8 Å². The van der Waals surface area contributed by atoms with Gasteiger partial charge in [-0.3, -0.25) is 24.5 Å². The number of benzene rings is 2. The summed E-state index contributed by atoms with van der Waals surface area (Å²) in [5.74, 6) is -1.32. The Labute approximate surface area is 226 Å². The van der Waals surface area contributed by atoms with Crippen LogP contribution in [0.25, 0.3) is 16.8 Å². The number of carbonyl (C=O) groups excluding carboxylic acids is 2. The predicted octanol–water partition coefficient (Wildman–Crippen LogP) is 4.85. The van der Waals surface area contributed by atoms with Crippen LogP contribution in [0.4, 0.5) is 9.18 Å². The fraction of sp³-hybridized carbons (Fsp3) is 0.111. The van der Waals surface area contributed by atoms with Crippen molar-refractivity contribution in [2.75, 3.05) is 6.54 Å². The molecule has 0 bridgehead atoms. The summed E-state index contributed by atoms with van der Waals surface area (Å²) in [5, 5.41) is 5.39. The molecular formula is C27H19Cl2FN4O4. The molecule has 5 rings (SSSR count). The number of urea groups is 1. The topological polar surface area (TPSA) is 102 Å². The molecule has 2 N–H and O–H groups in total. The maximum atomic E-state index is 13.6. The molecule has 0 aliphatic carbocycles. The average Bonchev–Trinajstić information content (AvgIpc) is 2.89. The van der Waals surface area contributed by atoms with Gasteiger partial charge in [-0.25, -0.2) is 9.18 Å². The molecule has 1 unspecified atom stereocenters. The molecule has 2 aromatic heterocycles. The van der Waals surface area contributed by atoms with E-state index in [1.807, 2.05) is 0 Å². The molecule has 4 aromatic rings. The lowest BCUT2D eigenvalue weighted by Crippen LogP contribution is -2.51. The van der Waals surface area contributed by atoms with E-state index in [0.717, 1.165) is 0 Å². The normalized spacial score (nSPS) is 15.1. The SMILES string of the molecule is O=C1NCC(c2cc(-c3cc(Cl)cc(OCc4ccc(F)cc4Cl)c3)c(=O)n(-c3cccnc3)c2)C(=O)N1. The van der Waals surface area contributed by atoms with E-state index >= 15 is 0 Å². The smallest absolute Gasteiger partial charge is 0.321 e. The van der Waals surface area contributed by atoms with Gasteiger partial charge in [-0.2, -0.15) is 0 Å². The highest BCUT2D eigenvalue weighted by Gasteiger charge is 2.29. The van der Waals surface area contributed by atoms with Crippen LogP contribution in [-0.2, 0) is 11.4 Å². The maximum absolute atomic E-state index is 13.6. The van der Waals surface area contributed by atoms with Gasteiger partial charge < -0.3 is 10.1 Å². The molecule has 11 heteroatoms. The van der Waals surface area contributed by atoms with E-state index in [0.29, 0.717) is 33.1 Å². The van der Waals surface area contributed by atoms with Crippen LogP contribution in [0.5, 0.6) is 5.75 Å². The van der Waals surface area contributed by atoms with Crippen LogP contribution in [0.3, 0.4) is 0 Å². The number of carbonyl (C=O) groups is 2. The van der Waals surface area contributed by atoms with Crippen LogP contribution in [0, 0.1) is 5.82 Å². The molecule has 192 valence electrons. The summed E-state index contributed by atoms with van der Waals surface area (Å²) in [6.07, 6.45) is 4.66. The number of amides is 3. The number of halogens is 3. The van der Waals surface area contributed by atoms with Crippen LogP contribution in [0.2, 0.25) is 10.0 Å². The molecule has 1 aliphatic heterocycles. The molecule has 1 saturated heterocycles. The Bertz CT molecular complexity index is 1610. The molecule has 1 aliphatic rings. The molecule has 3 heterocycles. The molecular weight excluding hydrogens is 534 g/mol. The Balaban J connectivity index is 1.57. The Morgan fingerprint density at radius 1 is 1.08 bits per heavy atom. The second-order valence-electron chi connectivity index (χ2n) is 8.53. The lowest BCUT2D eigenvalue weighted by molar-refractivity contribution is -0.122. The monoisotopic (exact) mass is 552 g/mol. The number of nitrogens with one attached hydrogen (secondary N) is 2. The van der Waals surface area contributed by atoms with Crippen molar-refractivity contribution in [3.63, 3.8) is 0 Å². The molecule has 1 atom stereocenters. The van der Waals surface area contributed by atoms with Crippen molar-refractivity contribution in [2.45, 2.75) is 12.5 Å². The average molecular weight is 553 g/mol. The summed E-state index contributed by atoms with van der Waals surface area (Å²) < 4.78 is 20.6. The summed E-state index contributed by atoms with van der Waals surface area (Å²) in [4.78, 5) is 42.0. The number of rotatable bonds is 6. The maximum Gasteiger partial charge on any atom is 0.321 e. The summed E-state index contributed by atoms with van der Waals surface area (Å²) >= 11 is 12.5. The molecule has 0 radical (unpaired) electrons. The van der Waals surface area contributed by atoms with E-state index < -0.39 is 23.7 Å². The van der Waals surface area contributed by atoms with Gasteiger partial charge >= 0.3 is 6.03 Å². The Morgan fingerprint density at radius 3 is 2.66 bits per heavy atom. The predicted molar refractivity (Wildman–Crippen MR) is 140 cm³/mol. The minimum atomic E-state index is -0.731. The van der Waals surface area contributed by atoms with Crippen LogP contribution in [0.15, 0.2) is 78.0 Å². The lowest BCUT2D eigenvalue weighted by Gasteiger charge is -2.23. The highest BCUT2D eigenvalue weighted by molar-refractivity contribution is 6.31. The third kappa shape index (κ3) is 5.39. The zero-order valence-corrected chi connectivity index (χ0v) is 21.1. The third-order valence-corrected chi connectivity index (χ3v) is 6.55. The lowest BCUT2D eigenvalue weighted by atomic mass is 9.95. The van der Waals surface area contributed by atoms with Crippen molar-refractivity contribution in [1.29, 1.82) is 0 Å². The Morgan fingerprint density at radius 2 is 1.92 bits per heavy atom. The van der Waals surface area contributed by atoms with Gasteiger partial charge in [0.1, 0.15) is 18.2 Å². The van der Waals surface area contributed by atoms with Crippen molar-refractivity contribution in [3.8, 4) is 22.6 Å². The van der Waals surface area contributed by atoms with Gasteiger partial charge in [0.15, 0.2) is 0 Å². The summed E-state index contributed by atoms with van der Waals surface area (Å²) in [7, 11) is 0. The van der Waals surface area contributed by atoms with Crippen molar-refractivity contribution in [3.05, 3.63) is 111 Å². The minimum Gasteiger partial charge on any atom is -0.489 e. The van der Waals surface area contributed by atoms with Crippen LogP contribution >= 0.6 is 23.2 Å². The number of nitrogens with zero attached hydrogens (tertiary/aromatic N) is 2. The van der Waals surface area contributed by atoms with E-state index in [4.69, 9.17) is 27.9 Å². The van der Waals surface area contributed by atoms with Gasteiger partial charge in [-0.1, -0.05) is 29.3 Å². The first kappa shape index (κ1) is 25.4. The zero-order chi connectivity index (χ0) is 26.8. The zero-order valence-electron chi connectivity index (χ0n) is 19.6. The van der Waals surface area contributed by atoms with Crippen LogP contribution in [-0.4, -0.2) is 28.0 Å². The number of imide groups is 1. The number of ether oxygens (including phenoxy) is 1. The quantitative estimate of drug-likeness (QED) is 0.356. The summed E-state index contributed by atoms with van der Waals surface area (Å²) in [6.45, 7) is 0.110. The van der Waals surface area contributed by atoms with E-state index in [1.165, 1.54) is 29.0 Å². The van der Waals surface area contributed by atoms with Gasteiger partial charge in [0.05, 0.1) is 22.8 Å². The Kier molecular flexibility index (Phi) is 7.13. The molecule has 0 spiro atoms. The second-order valence-corrected chi connectivity index (χ2v) is 9.37. The van der Waals surface area contributed by atoms with Crippen LogP contribution < -0.4 is 20.9 Å². The summed E-state index contributed by atoms with van der Waals surface area (Å²) in [5.41, 5.74) is 1.88. The number of hydrogen-bond acceptors (Lipinski definition) is 5. The molecule has 8 nitrogen and oxygen atoms in total. The fourth-order valence-electron chi connectivity index (χ4n) is 4.09. The molecule has 2 aromatic carbocycles. The van der Waals surface area contributed by atoms with Crippen molar-refractivity contribution in [2.24, 2.45) is 0 Å². The van der Waals surface area contributed by atoms with Crippen LogP contribution in [0.1, 0.15) is 17.0 Å². The second kappa shape index (κ2) is 10.6. The van der Waals surface area contributed by atoms with Gasteiger partial charge in [0, 0.05) is 35.1 Å². The first-order valence-electron chi connectivity index (χ1n) is 11.4. The standard InChI is InChI=1S/C27H19Cl2FN4O4/c28-18-6-16(7-21(9-18)38-14-15-3-4-19(30)10-24(15)29)22-8-17(23-12-32-27(37)33-25(23)35)13-34(26(22)36)20-2-1-5-31-11-20/h1-11,13,23H,12,14H2,(H2,32,33,35,37). The van der Waals surface area contributed by atoms with E-state index in [2.05, 4.69) is 15.6 Å². The molecule has 38 heavy (non-hydrogen) atoms. The van der Waals surface area contributed by atoms with Crippen molar-refractivity contribution in [1.82, 2.24) is 20.2 Å². The van der Waals surface area contributed by atoms with Gasteiger partial charge in [0.25, 0.3) is 5.56 Å². The molecule has 3 amide bonds. The highest BCUT2D eigenvalue weighted by Crippen LogP contribution is 2.30. The molecule has 0 saturated carbocycles. The third-order valence-electron chi connectivity index (χ3n) is 5.98. The number of pyridine rings is 2. The van der Waals surface area contributed by atoms with Gasteiger partial charge in [-0.05, 0) is 59.7 Å². The largest absolute Gasteiger partial charge is 0.489 e. The van der Waals surface area contributed by atoms with Gasteiger partial charge in [-0.15, -0.1) is 0 Å². The van der Waals surface area contributed by atoms with Crippen molar-refractivity contribution < 1.29 is 18.7 Å². The first-order valence-corrected chi connectivity index (χ1v) is 12.2. The number of hydrogen-bond donors (Lipinski definition) is 2. The molecule has 1 fully saturated rings. The van der Waals surface area contributed by atoms with Gasteiger partial charge in [0.2, 0.25) is 5.91 Å². The van der Waals surface area contributed by atoms with Crippen molar-refractivity contribution >= 4 is 35.1 Å². The fourth-order valence-corrected chi connectivity index (χ4v) is 4.54. The van der Waals surface area contributed by atoms with E-state index in [-0.39, 0.29) is 29.3 Å². The highest BCUT2D eigenvalue weighted by atomic mass is 35.5. The first-order chi connectivity index (χ1) is 18.3. The summed E-state index contributed by atoms with van der Waals surface area (Å²) in [6, 6.07) is 13.2. The van der Waals surface area contributed by atoms with E-state index in [1.54, 1.807) is 48.8 Å². The Hall–Kier alpha value is -4.21. The minimum absolute atomic E-state index is 0.0425.